The number of nitrogens with zero attached hydrogens (tertiary/aromatic N) is 6. The summed E-state index contributed by atoms with van der Waals surface area (Å²) in [6.07, 6.45) is 7.13. The van der Waals surface area contributed by atoms with Crippen LogP contribution in [0.15, 0.2) is 65.8 Å². The van der Waals surface area contributed by atoms with Crippen molar-refractivity contribution in [3.8, 4) is 17.1 Å². The van der Waals surface area contributed by atoms with Crippen LogP contribution in [-0.2, 0) is 16.6 Å². The molecule has 4 aromatic rings. The number of sulfonamides is 1. The van der Waals surface area contributed by atoms with Crippen LogP contribution in [0.1, 0.15) is 87.5 Å². The van der Waals surface area contributed by atoms with Crippen molar-refractivity contribution in [2.24, 2.45) is 11.3 Å². The topological polar surface area (TPSA) is 131 Å². The minimum absolute atomic E-state index is 0.0211. The van der Waals surface area contributed by atoms with E-state index in [0.29, 0.717) is 29.8 Å². The number of aryl methyl sites for hydroxylation is 2. The first-order chi connectivity index (χ1) is 24.2. The maximum atomic E-state index is 14.6. The number of carbonyl (C=O) groups is 1. The fourth-order valence-electron chi connectivity index (χ4n) is 7.06. The predicted octanol–water partition coefficient (Wildman–Crippen LogP) is 7.21. The lowest BCUT2D eigenvalue weighted by Crippen LogP contribution is -2.44. The average molecular weight is 712 g/mol. The SMILES string of the molecule is Cc1cccc(C)c1-c1cc2nc(n1)NS(=O)(=O)c1cccc(c1)C(=O)N(Cc1cncc(N3CCC[C@H]3C(C)C)n1)[C@H](CCC(C)(C)C)CO2. The Balaban J connectivity index is 1.45. The summed E-state index contributed by atoms with van der Waals surface area (Å²) in [5.41, 5.74) is 4.23. The lowest BCUT2D eigenvalue weighted by atomic mass is 9.88. The number of hydrogen-bond acceptors (Lipinski definition) is 9. The fraction of sp³-hybridized carbons (Fsp3) is 0.462. The fourth-order valence-corrected chi connectivity index (χ4v) is 8.05. The Hall–Kier alpha value is -4.58. The van der Waals surface area contributed by atoms with Crippen molar-refractivity contribution in [2.75, 3.05) is 22.8 Å². The Labute approximate surface area is 302 Å². The molecular formula is C39H49N7O4S. The molecule has 0 unspecified atom stereocenters. The number of amides is 1. The van der Waals surface area contributed by atoms with E-state index in [1.165, 1.54) is 12.1 Å². The molecule has 1 N–H and O–H groups in total. The molecule has 270 valence electrons. The number of anilines is 2. The van der Waals surface area contributed by atoms with Gasteiger partial charge in [0, 0.05) is 29.8 Å². The molecule has 0 radical (unpaired) electrons. The number of benzene rings is 2. The monoisotopic (exact) mass is 711 g/mol. The van der Waals surface area contributed by atoms with Gasteiger partial charge in [-0.3, -0.25) is 9.78 Å². The van der Waals surface area contributed by atoms with Crippen LogP contribution >= 0.6 is 0 Å². The maximum absolute atomic E-state index is 14.6. The highest BCUT2D eigenvalue weighted by atomic mass is 32.2. The largest absolute Gasteiger partial charge is 0.475 e. The van der Waals surface area contributed by atoms with Gasteiger partial charge in [0.15, 0.2) is 0 Å². The molecule has 6 rings (SSSR count). The van der Waals surface area contributed by atoms with E-state index < -0.39 is 16.1 Å². The zero-order valence-electron chi connectivity index (χ0n) is 30.7. The molecule has 0 aliphatic carbocycles. The van der Waals surface area contributed by atoms with Gasteiger partial charge < -0.3 is 14.5 Å². The van der Waals surface area contributed by atoms with Gasteiger partial charge in [-0.1, -0.05) is 58.9 Å². The first kappa shape index (κ1) is 36.2. The van der Waals surface area contributed by atoms with Crippen molar-refractivity contribution < 1.29 is 17.9 Å². The third kappa shape index (κ3) is 8.32. The Morgan fingerprint density at radius 1 is 1.00 bits per heavy atom. The quantitative estimate of drug-likeness (QED) is 0.211. The predicted molar refractivity (Wildman–Crippen MR) is 199 cm³/mol. The number of fused-ring (bicyclic) bond motifs is 4. The number of rotatable bonds is 7. The number of ether oxygens (including phenoxy) is 1. The lowest BCUT2D eigenvalue weighted by Gasteiger charge is -2.34. The second-order valence-corrected chi connectivity index (χ2v) is 17.0. The van der Waals surface area contributed by atoms with Crippen molar-refractivity contribution in [3.05, 3.63) is 83.3 Å². The van der Waals surface area contributed by atoms with Gasteiger partial charge >= 0.3 is 0 Å². The molecule has 1 fully saturated rings. The van der Waals surface area contributed by atoms with E-state index in [4.69, 9.17) is 9.72 Å². The molecule has 2 atom stereocenters. The summed E-state index contributed by atoms with van der Waals surface area (Å²) in [6.45, 7) is 16.1. The molecule has 51 heavy (non-hydrogen) atoms. The van der Waals surface area contributed by atoms with Gasteiger partial charge in [0.2, 0.25) is 11.8 Å². The minimum atomic E-state index is -4.18. The molecule has 4 heterocycles. The summed E-state index contributed by atoms with van der Waals surface area (Å²) in [7, 11) is -4.18. The Bertz CT molecular complexity index is 1990. The molecule has 1 saturated heterocycles. The van der Waals surface area contributed by atoms with Crippen LogP contribution in [0.3, 0.4) is 0 Å². The molecule has 11 nitrogen and oxygen atoms in total. The Morgan fingerprint density at radius 2 is 1.75 bits per heavy atom. The van der Waals surface area contributed by atoms with Gasteiger partial charge in [0.05, 0.1) is 41.3 Å². The smallest absolute Gasteiger partial charge is 0.264 e. The molecule has 4 bridgehead atoms. The Morgan fingerprint density at radius 3 is 2.47 bits per heavy atom. The standard InChI is InChI=1S/C39H49N7O4S/c1-25(2)33-15-10-18-45(33)34-22-40-21-29(41-34)23-46-30(16-17-39(5,6)7)24-50-35-20-32(36-26(3)11-8-12-27(36)4)42-38(43-35)44-51(48,49)31-14-9-13-28(19-31)37(46)47/h8-9,11-14,19-22,25,30,33H,10,15-18,23-24H2,1-7H3,(H,42,43,44)/t30-,33+/m1/s1. The third-order valence-corrected chi connectivity index (χ3v) is 11.1. The summed E-state index contributed by atoms with van der Waals surface area (Å²) < 4.78 is 36.5. The molecule has 2 aliphatic heterocycles. The van der Waals surface area contributed by atoms with Gasteiger partial charge in [-0.15, -0.1) is 0 Å². The first-order valence-electron chi connectivity index (χ1n) is 17.8. The van der Waals surface area contributed by atoms with Crippen molar-refractivity contribution in [1.82, 2.24) is 24.8 Å². The van der Waals surface area contributed by atoms with Gasteiger partial charge in [0.1, 0.15) is 12.4 Å². The summed E-state index contributed by atoms with van der Waals surface area (Å²) in [4.78, 5) is 37.4. The van der Waals surface area contributed by atoms with E-state index >= 15 is 0 Å². The summed E-state index contributed by atoms with van der Waals surface area (Å²) in [5.74, 6) is 1.04. The first-order valence-corrected chi connectivity index (χ1v) is 19.3. The van der Waals surface area contributed by atoms with E-state index in [-0.39, 0.29) is 46.8 Å². The molecule has 0 spiro atoms. The average Bonchev–Trinajstić information content (AvgIpc) is 3.57. The highest BCUT2D eigenvalue weighted by Crippen LogP contribution is 2.32. The molecule has 2 aromatic heterocycles. The van der Waals surface area contributed by atoms with E-state index in [1.54, 1.807) is 35.5 Å². The molecule has 0 saturated carbocycles. The van der Waals surface area contributed by atoms with Crippen LogP contribution in [-0.4, -0.2) is 64.4 Å². The van der Waals surface area contributed by atoms with E-state index in [1.807, 2.05) is 32.0 Å². The van der Waals surface area contributed by atoms with Gasteiger partial charge in [-0.2, -0.15) is 4.98 Å². The van der Waals surface area contributed by atoms with Gasteiger partial charge in [0.25, 0.3) is 15.9 Å². The summed E-state index contributed by atoms with van der Waals surface area (Å²) in [5, 5.41) is 0. The maximum Gasteiger partial charge on any atom is 0.264 e. The summed E-state index contributed by atoms with van der Waals surface area (Å²) >= 11 is 0. The second kappa shape index (κ2) is 14.6. The second-order valence-electron chi connectivity index (χ2n) is 15.3. The van der Waals surface area contributed by atoms with Crippen molar-refractivity contribution in [1.29, 1.82) is 0 Å². The molecule has 2 aliphatic rings. The van der Waals surface area contributed by atoms with Crippen LogP contribution in [0.25, 0.3) is 11.3 Å². The van der Waals surface area contributed by atoms with Crippen LogP contribution in [0, 0.1) is 25.2 Å². The van der Waals surface area contributed by atoms with Crippen molar-refractivity contribution in [3.63, 3.8) is 0 Å². The van der Waals surface area contributed by atoms with Crippen molar-refractivity contribution in [2.45, 2.75) is 97.7 Å². The molecule has 1 amide bonds. The zero-order valence-corrected chi connectivity index (χ0v) is 31.5. The third-order valence-electron chi connectivity index (χ3n) is 9.78. The Kier molecular flexibility index (Phi) is 10.3. The number of hydrogen-bond donors (Lipinski definition) is 1. The number of nitrogens with one attached hydrogen (secondary N) is 1. The van der Waals surface area contributed by atoms with Crippen LogP contribution in [0.2, 0.25) is 0 Å². The van der Waals surface area contributed by atoms with Crippen LogP contribution in [0.5, 0.6) is 5.88 Å². The molecule has 2 aromatic carbocycles. The lowest BCUT2D eigenvalue weighted by molar-refractivity contribution is 0.0549. The number of aromatic nitrogens is 4. The highest BCUT2D eigenvalue weighted by Gasteiger charge is 2.32. The van der Waals surface area contributed by atoms with Crippen molar-refractivity contribution >= 4 is 27.7 Å². The molecule has 12 heteroatoms. The van der Waals surface area contributed by atoms with E-state index in [9.17, 15) is 13.2 Å². The van der Waals surface area contributed by atoms with E-state index in [2.05, 4.69) is 59.2 Å². The summed E-state index contributed by atoms with van der Waals surface area (Å²) in [6, 6.07) is 13.7. The highest BCUT2D eigenvalue weighted by molar-refractivity contribution is 7.92. The van der Waals surface area contributed by atoms with Crippen LogP contribution in [0.4, 0.5) is 11.8 Å². The van der Waals surface area contributed by atoms with Gasteiger partial charge in [-0.05, 0) is 80.2 Å². The molecular weight excluding hydrogens is 663 g/mol. The van der Waals surface area contributed by atoms with E-state index in [0.717, 1.165) is 48.3 Å². The van der Waals surface area contributed by atoms with Crippen LogP contribution < -0.4 is 14.4 Å². The number of carbonyl (C=O) groups excluding carboxylic acids is 1. The zero-order chi connectivity index (χ0) is 36.5. The normalized spacial score (nSPS) is 19.2. The van der Waals surface area contributed by atoms with Gasteiger partial charge in [-0.25, -0.2) is 23.1 Å². The minimum Gasteiger partial charge on any atom is -0.475 e.